The Bertz CT molecular complexity index is 7170. The van der Waals surface area contributed by atoms with Crippen LogP contribution in [-0.2, 0) is 93.5 Å². The molecule has 1 unspecified atom stereocenters. The first kappa shape index (κ1) is 122. The van der Waals surface area contributed by atoms with Gasteiger partial charge >= 0.3 is 42.4 Å². The highest BCUT2D eigenvalue weighted by atomic mass is 35.7. The summed E-state index contributed by atoms with van der Waals surface area (Å²) >= 11 is 0. The van der Waals surface area contributed by atoms with E-state index in [4.69, 9.17) is 53.6 Å². The zero-order valence-electron chi connectivity index (χ0n) is 81.1. The number of alkyl halides is 12. The number of carbonyl (C=O) groups excluding carboxylic acids is 10. The lowest BCUT2D eigenvalue weighted by Crippen LogP contribution is -2.41. The van der Waals surface area contributed by atoms with Crippen LogP contribution in [0, 0.1) is 132 Å². The minimum Gasteiger partial charge on any atom is -0.398 e. The van der Waals surface area contributed by atoms with E-state index in [1.165, 1.54) is 83.2 Å². The number of imide groups is 2. The van der Waals surface area contributed by atoms with Crippen molar-refractivity contribution in [3.8, 4) is 0 Å². The van der Waals surface area contributed by atoms with E-state index in [0.29, 0.717) is 72.8 Å². The minimum absolute atomic E-state index is 0.00983. The molecular weight excluding hydrogens is 2090 g/mol. The normalized spacial score (nSPS) is 13.3. The maximum absolute atomic E-state index is 14.9. The molecular formula is C87H100ClF12N15O24S6. The van der Waals surface area contributed by atoms with Crippen molar-refractivity contribution in [2.24, 2.45) is 15.4 Å². The second kappa shape index (κ2) is 43.0. The Morgan fingerprint density at radius 3 is 0.821 bits per heavy atom. The summed E-state index contributed by atoms with van der Waals surface area (Å²) in [4.78, 5) is 119. The van der Waals surface area contributed by atoms with Gasteiger partial charge < -0.3 is 54.8 Å². The molecule has 145 heavy (non-hydrogen) atoms. The summed E-state index contributed by atoms with van der Waals surface area (Å²) in [7, 11) is -19.2. The van der Waals surface area contributed by atoms with Gasteiger partial charge in [-0.25, -0.2) is 54.0 Å². The molecule has 10 amide bonds. The Labute approximate surface area is 828 Å². The van der Waals surface area contributed by atoms with Gasteiger partial charge in [0.1, 0.15) is 15.2 Å². The predicted molar refractivity (Wildman–Crippen MR) is 513 cm³/mol. The lowest BCUT2D eigenvalue weighted by atomic mass is 9.74. The molecule has 2 heterocycles. The number of nitrogens with one attached hydrogen (secondary N) is 6. The third-order valence-corrected chi connectivity index (χ3v) is 30.9. The SMILES string of the molecule is CC(=O)Nc1c(C)c(NC(=O)C(F)(F)F)c(C)c(S(=O)(=O)Cl)c1C.CC(=O)Nc1c(C)c(NC(=O)C(F)(F)F)c(C)c(S(=O)(=O)O)c1C.CC(=O)Nc1c(C)c(NC(=O)C(F)(F)F)c(C)c(S(N)(=O)=O)c1C.Cc1c(C)c(N2C(=O)c3ccc(C(C)(c4ccc5c(c4)C(=O)N(C)C5=O)C(F)(F)F)cc3C2=O)c(C)c(S(N)(=O)=O)c1C.Cc1c(N)c(C)c(S(=O)(=O)O)c(C)c1N.Cc1c(N)c(C)c(S(N)(=O)=O)c(C)c1N. The smallest absolute Gasteiger partial charge is 0.398 e. The second-order valence-corrected chi connectivity index (χ2v) is 43.0. The van der Waals surface area contributed by atoms with Crippen LogP contribution in [0.25, 0.3) is 0 Å². The van der Waals surface area contributed by atoms with Gasteiger partial charge in [0.15, 0.2) is 0 Å². The maximum atomic E-state index is 14.9. The van der Waals surface area contributed by atoms with Gasteiger partial charge in [-0.2, -0.15) is 69.5 Å². The Hall–Kier alpha value is -13.0. The number of halogens is 13. The van der Waals surface area contributed by atoms with Crippen LogP contribution in [0.15, 0.2) is 65.8 Å². The number of rotatable bonds is 15. The molecule has 10 rings (SSSR count). The van der Waals surface area contributed by atoms with E-state index >= 15 is 0 Å². The molecule has 0 aliphatic carbocycles. The average Bonchev–Trinajstić information content (AvgIpc) is 1.56. The first-order valence-electron chi connectivity index (χ1n) is 41.0. The van der Waals surface area contributed by atoms with Gasteiger partial charge in [-0.05, 0) is 280 Å². The van der Waals surface area contributed by atoms with E-state index in [9.17, 15) is 156 Å². The highest BCUT2D eigenvalue weighted by Crippen LogP contribution is 2.51. The van der Waals surface area contributed by atoms with Gasteiger partial charge in [-0.15, -0.1) is 0 Å². The summed E-state index contributed by atoms with van der Waals surface area (Å²) in [5.41, 5.74) is 22.5. The van der Waals surface area contributed by atoms with E-state index in [1.807, 2.05) is 0 Å². The van der Waals surface area contributed by atoms with Crippen molar-refractivity contribution in [1.29, 1.82) is 0 Å². The Kier molecular flexibility index (Phi) is 36.3. The van der Waals surface area contributed by atoms with Crippen molar-refractivity contribution in [3.05, 3.63) is 175 Å². The Balaban J connectivity index is 0.000000320. The monoisotopic (exact) mass is 2190 g/mol. The van der Waals surface area contributed by atoms with Crippen LogP contribution in [0.5, 0.6) is 0 Å². The second-order valence-electron chi connectivity index (χ2n) is 33.3. The number of nitrogen functional groups attached to an aromatic ring is 4. The fourth-order valence-electron chi connectivity index (χ4n) is 16.2. The number of anilines is 11. The average molecular weight is 2200 g/mol. The van der Waals surface area contributed by atoms with Gasteiger partial charge in [0.05, 0.1) is 70.3 Å². The van der Waals surface area contributed by atoms with E-state index < -0.39 is 169 Å². The first-order valence-corrected chi connectivity index (χ1v) is 50.8. The zero-order valence-corrected chi connectivity index (χ0v) is 86.8. The van der Waals surface area contributed by atoms with E-state index in [0.717, 1.165) is 80.8 Å². The molecule has 8 aromatic rings. The van der Waals surface area contributed by atoms with Crippen LogP contribution < -0.4 is 75.2 Å². The number of sulfonamides is 3. The van der Waals surface area contributed by atoms with Crippen LogP contribution in [-0.4, -0.2) is 155 Å². The number of nitrogens with zero attached hydrogens (tertiary/aromatic N) is 2. The molecule has 2 aliphatic heterocycles. The van der Waals surface area contributed by atoms with Crippen LogP contribution in [0.4, 0.5) is 115 Å². The van der Waals surface area contributed by atoms with Crippen LogP contribution in [0.1, 0.15) is 186 Å². The Morgan fingerprint density at radius 1 is 0.317 bits per heavy atom. The lowest BCUT2D eigenvalue weighted by Gasteiger charge is -2.33. The quantitative estimate of drug-likeness (QED) is 0.0149. The number of hydrogen-bond donors (Lipinski definition) is 15. The molecule has 0 saturated carbocycles. The third-order valence-electron chi connectivity index (χ3n) is 23.6. The summed E-state index contributed by atoms with van der Waals surface area (Å²) in [6.45, 7) is 31.7. The van der Waals surface area contributed by atoms with E-state index in [2.05, 4.69) is 16.0 Å². The van der Waals surface area contributed by atoms with E-state index in [1.54, 1.807) is 64.4 Å². The molecule has 0 fully saturated rings. The van der Waals surface area contributed by atoms with Gasteiger partial charge in [0.2, 0.25) is 47.8 Å². The molecule has 794 valence electrons. The number of nitrogens with two attached hydrogens (primary N) is 7. The van der Waals surface area contributed by atoms with Crippen molar-refractivity contribution in [1.82, 2.24) is 4.90 Å². The van der Waals surface area contributed by atoms with Crippen molar-refractivity contribution in [2.75, 3.05) is 66.8 Å². The highest BCUT2D eigenvalue weighted by molar-refractivity contribution is 8.13. The third kappa shape index (κ3) is 25.6. The van der Waals surface area contributed by atoms with Crippen LogP contribution >= 0.6 is 10.7 Å². The number of primary sulfonamides is 3. The molecule has 1 atom stereocenters. The maximum Gasteiger partial charge on any atom is 0.471 e. The molecule has 0 spiro atoms. The fraction of sp³-hybridized carbons (Fsp3) is 0.333. The van der Waals surface area contributed by atoms with Crippen molar-refractivity contribution < 1.29 is 160 Å². The standard InChI is InChI=1S/C30H26F3N3O6S.C13H14ClF3N2O4S.C13H16F3N3O4S.C13H15F3N2O5S.C9H15N3O2S.C9H14N2O3S/c1-13-14(2)23(16(4)24(15(13)3)43(34,41)42)36-27(39)20-10-8-18(12-22(20)28(36)40)29(5,30(31,32)33)17-7-9-19-21(11-17)26(38)35(6)25(19)37;1-5-9(18-8(4)20)6(2)11(24(14,22)23)7(3)10(5)19-12(21)13(15,16)17;1-5-9(18-8(4)20)6(2)11(24(17,22)23)7(3)10(5)19-12(21)13(14,15)16;1-5-9(17-8(4)19)6(2)11(24(21,22)23)7(3)10(5)18-12(20)13(14,15)16;2*1-4-7(10)5(2)9(15(12,13)14)6(3)8(4)11/h7-12H,1-6H3,(H2,34,41,42);1-4H3,(H,18,20)(H,19,21);1-4H3,(H,18,20)(H,19,21)(H2,17,22,23);1-4H3,(H,17,19)(H,18,20)(H,21,22,23);10-11H2,1-3H3,(H2,12,13,14);10-11H2,1-3H3,(H,12,13,14). The molecule has 22 N–H and O–H groups in total. The molecule has 58 heteroatoms. The number of carbonyl (C=O) groups is 10. The Morgan fingerprint density at radius 2 is 0.552 bits per heavy atom. The first-order chi connectivity index (χ1) is 65.1. The fourth-order valence-corrected chi connectivity index (χ4v) is 23.1. The number of benzene rings is 8. The number of fused-ring (bicyclic) bond motifs is 2. The van der Waals surface area contributed by atoms with Gasteiger partial charge in [0, 0.05) is 72.6 Å². The molecule has 39 nitrogen and oxygen atoms in total. The van der Waals surface area contributed by atoms with E-state index in [-0.39, 0.29) is 138 Å². The predicted octanol–water partition coefficient (Wildman–Crippen LogP) is 12.9. The van der Waals surface area contributed by atoms with Crippen molar-refractivity contribution in [2.45, 2.75) is 219 Å². The van der Waals surface area contributed by atoms with Crippen molar-refractivity contribution >= 4 is 192 Å². The zero-order chi connectivity index (χ0) is 113. The van der Waals surface area contributed by atoms with Crippen LogP contribution in [0.3, 0.4) is 0 Å². The molecule has 0 aromatic heterocycles. The summed E-state index contributed by atoms with van der Waals surface area (Å²) < 4.78 is 316. The summed E-state index contributed by atoms with van der Waals surface area (Å²) in [6.07, 6.45) is -20.5. The minimum atomic E-state index is -5.20. The molecule has 0 saturated heterocycles. The topological polar surface area (TPSA) is 677 Å². The van der Waals surface area contributed by atoms with Crippen molar-refractivity contribution in [3.63, 3.8) is 0 Å². The highest BCUT2D eigenvalue weighted by Gasteiger charge is 2.56. The molecule has 0 radical (unpaired) electrons. The van der Waals surface area contributed by atoms with Gasteiger partial charge in [-0.3, -0.25) is 62.0 Å². The number of hydrogen-bond acceptors (Lipinski definition) is 26. The van der Waals surface area contributed by atoms with Crippen LogP contribution in [0.2, 0.25) is 0 Å². The molecule has 0 bridgehead atoms. The molecule has 2 aliphatic rings. The summed E-state index contributed by atoms with van der Waals surface area (Å²) in [5.74, 6) is -11.8. The summed E-state index contributed by atoms with van der Waals surface area (Å²) in [5, 5.41) is 27.5. The summed E-state index contributed by atoms with van der Waals surface area (Å²) in [6, 6.07) is 6.49. The van der Waals surface area contributed by atoms with Gasteiger partial charge in [0.25, 0.3) is 52.9 Å². The van der Waals surface area contributed by atoms with Gasteiger partial charge in [-0.1, -0.05) is 12.1 Å². The largest absolute Gasteiger partial charge is 0.471 e. The number of amides is 10. The molecule has 8 aromatic carbocycles. The lowest BCUT2D eigenvalue weighted by molar-refractivity contribution is -0.173.